The number of anilines is 3. The fraction of sp³-hybridized carbons (Fsp3) is 0.207. The van der Waals surface area contributed by atoms with Gasteiger partial charge in [-0.25, -0.2) is 15.0 Å². The average molecular weight is 548 g/mol. The molecule has 0 saturated heterocycles. The standard InChI is InChI=1S/C29H25N9O3/c1-15-7-6-8-16(2)23(15)34-21(40)12-37-19-10-5-4-9-18(19)29(28(37)41)11-20(39)35-26-22(29)17(3)36-38(26)27-24-25(31-13-30-24)32-14-33-27/h4-10,13-14H,11-12H2,1-3H3,(H,34,40)(H,35,39)(H,30,31,32,33). The lowest BCUT2D eigenvalue weighted by molar-refractivity contribution is -0.127. The number of rotatable bonds is 4. The number of fused-ring (bicyclic) bond motifs is 5. The van der Waals surface area contributed by atoms with Crippen molar-refractivity contribution in [3.8, 4) is 5.82 Å². The van der Waals surface area contributed by atoms with Crippen LogP contribution < -0.4 is 15.5 Å². The summed E-state index contributed by atoms with van der Waals surface area (Å²) < 4.78 is 1.51. The lowest BCUT2D eigenvalue weighted by atomic mass is 9.70. The molecule has 1 unspecified atom stereocenters. The second-order valence-electron chi connectivity index (χ2n) is 10.4. The molecule has 12 nitrogen and oxygen atoms in total. The van der Waals surface area contributed by atoms with Gasteiger partial charge in [-0.3, -0.25) is 14.4 Å². The molecule has 0 radical (unpaired) electrons. The van der Waals surface area contributed by atoms with Gasteiger partial charge in [0.25, 0.3) is 0 Å². The molecule has 2 aromatic carbocycles. The van der Waals surface area contributed by atoms with Crippen LogP contribution in [0.3, 0.4) is 0 Å². The molecule has 0 fully saturated rings. The molecule has 0 saturated carbocycles. The summed E-state index contributed by atoms with van der Waals surface area (Å²) >= 11 is 0. The highest BCUT2D eigenvalue weighted by molar-refractivity contribution is 6.18. The zero-order valence-corrected chi connectivity index (χ0v) is 22.5. The van der Waals surface area contributed by atoms with Crippen LogP contribution in [0, 0.1) is 20.8 Å². The first-order valence-electron chi connectivity index (χ1n) is 13.1. The van der Waals surface area contributed by atoms with Gasteiger partial charge in [-0.15, -0.1) is 0 Å². The third kappa shape index (κ3) is 3.50. The number of benzene rings is 2. The predicted molar refractivity (Wildman–Crippen MR) is 151 cm³/mol. The van der Waals surface area contributed by atoms with Crippen molar-refractivity contribution in [3.63, 3.8) is 0 Å². The van der Waals surface area contributed by atoms with Crippen LogP contribution in [0.1, 0.15) is 34.4 Å². The highest BCUT2D eigenvalue weighted by atomic mass is 16.2. The number of nitrogens with zero attached hydrogens (tertiary/aromatic N) is 6. The zero-order valence-electron chi connectivity index (χ0n) is 22.5. The third-order valence-electron chi connectivity index (χ3n) is 7.89. The van der Waals surface area contributed by atoms with Crippen LogP contribution >= 0.6 is 0 Å². The lowest BCUT2D eigenvalue weighted by Crippen LogP contribution is -2.48. The number of imidazole rings is 1. The van der Waals surface area contributed by atoms with Gasteiger partial charge in [-0.05, 0) is 43.5 Å². The van der Waals surface area contributed by atoms with Gasteiger partial charge in [0, 0.05) is 23.4 Å². The van der Waals surface area contributed by atoms with Crippen LogP contribution in [0.15, 0.2) is 55.1 Å². The number of H-pyrrole nitrogens is 1. The van der Waals surface area contributed by atoms with Crippen LogP contribution in [0.4, 0.5) is 17.2 Å². The minimum absolute atomic E-state index is 0.124. The van der Waals surface area contributed by atoms with Gasteiger partial charge < -0.3 is 20.5 Å². The van der Waals surface area contributed by atoms with Crippen LogP contribution in [0.5, 0.6) is 0 Å². The molecule has 12 heteroatoms. The number of aromatic nitrogens is 6. The Hall–Kier alpha value is -5.39. The van der Waals surface area contributed by atoms with Gasteiger partial charge in [-0.1, -0.05) is 36.4 Å². The normalized spacial score (nSPS) is 17.6. The summed E-state index contributed by atoms with van der Waals surface area (Å²) in [4.78, 5) is 58.5. The number of nitrogens with one attached hydrogen (secondary N) is 3. The summed E-state index contributed by atoms with van der Waals surface area (Å²) in [5.74, 6) is -0.309. The minimum Gasteiger partial charge on any atom is -0.340 e. The quantitative estimate of drug-likeness (QED) is 0.313. The first-order valence-corrected chi connectivity index (χ1v) is 13.1. The molecule has 5 heterocycles. The number of aromatic amines is 1. The Kier molecular flexibility index (Phi) is 5.29. The Bertz CT molecular complexity index is 1900. The SMILES string of the molecule is Cc1cccc(C)c1NC(=O)CN1C(=O)C2(CC(=O)Nc3c2c(C)nn3-c2ncnc3nc[nH]c23)c2ccccc21. The molecule has 1 spiro atoms. The molecular weight excluding hydrogens is 522 g/mol. The van der Waals surface area contributed by atoms with Crippen molar-refractivity contribution >= 4 is 46.1 Å². The van der Waals surface area contributed by atoms with Crippen LogP contribution in [0.2, 0.25) is 0 Å². The van der Waals surface area contributed by atoms with E-state index in [2.05, 4.69) is 30.6 Å². The first-order chi connectivity index (χ1) is 19.8. The second kappa shape index (κ2) is 8.81. The smallest absolute Gasteiger partial charge is 0.244 e. The van der Waals surface area contributed by atoms with E-state index in [1.54, 1.807) is 13.0 Å². The highest BCUT2D eigenvalue weighted by Crippen LogP contribution is 2.53. The Morgan fingerprint density at radius 3 is 2.61 bits per heavy atom. The molecule has 3 N–H and O–H groups in total. The number of amides is 3. The largest absolute Gasteiger partial charge is 0.340 e. The van der Waals surface area contributed by atoms with Crippen molar-refractivity contribution in [2.45, 2.75) is 32.6 Å². The fourth-order valence-corrected chi connectivity index (χ4v) is 6.15. The number of para-hydroxylation sites is 2. The maximum atomic E-state index is 14.5. The first kappa shape index (κ1) is 24.6. The molecule has 2 aliphatic rings. The van der Waals surface area contributed by atoms with Gasteiger partial charge in [0.2, 0.25) is 17.7 Å². The van der Waals surface area contributed by atoms with Gasteiger partial charge in [0.15, 0.2) is 11.5 Å². The van der Waals surface area contributed by atoms with Gasteiger partial charge >= 0.3 is 0 Å². The van der Waals surface area contributed by atoms with E-state index in [1.807, 2.05) is 50.2 Å². The Morgan fingerprint density at radius 1 is 1.02 bits per heavy atom. The summed E-state index contributed by atoms with van der Waals surface area (Å²) in [7, 11) is 0. The molecule has 0 bridgehead atoms. The second-order valence-corrected chi connectivity index (χ2v) is 10.4. The molecule has 0 aliphatic carbocycles. The van der Waals surface area contributed by atoms with Gasteiger partial charge in [0.1, 0.15) is 29.6 Å². The third-order valence-corrected chi connectivity index (χ3v) is 7.89. The molecule has 1 atom stereocenters. The van der Waals surface area contributed by atoms with E-state index in [0.717, 1.165) is 16.8 Å². The van der Waals surface area contributed by atoms with Crippen molar-refractivity contribution in [1.82, 2.24) is 29.7 Å². The van der Waals surface area contributed by atoms with Crippen LogP contribution in [0.25, 0.3) is 17.0 Å². The molecule has 5 aromatic rings. The van der Waals surface area contributed by atoms with Gasteiger partial charge in [-0.2, -0.15) is 9.78 Å². The van der Waals surface area contributed by atoms with E-state index in [4.69, 9.17) is 5.10 Å². The maximum absolute atomic E-state index is 14.5. The van der Waals surface area contributed by atoms with E-state index in [-0.39, 0.29) is 30.7 Å². The van der Waals surface area contributed by atoms with Crippen LogP contribution in [-0.2, 0) is 19.8 Å². The van der Waals surface area contributed by atoms with Crippen molar-refractivity contribution in [2.75, 3.05) is 22.1 Å². The van der Waals surface area contributed by atoms with Crippen LogP contribution in [-0.4, -0.2) is 54.0 Å². The Morgan fingerprint density at radius 2 is 1.80 bits per heavy atom. The Balaban J connectivity index is 1.35. The van der Waals surface area contributed by atoms with Crippen molar-refractivity contribution < 1.29 is 14.4 Å². The number of carbonyl (C=O) groups excluding carboxylic acids is 3. The predicted octanol–water partition coefficient (Wildman–Crippen LogP) is 3.08. The van der Waals surface area contributed by atoms with Crippen molar-refractivity contribution in [2.24, 2.45) is 0 Å². The van der Waals surface area contributed by atoms with E-state index >= 15 is 0 Å². The number of hydrogen-bond acceptors (Lipinski definition) is 7. The summed E-state index contributed by atoms with van der Waals surface area (Å²) in [5.41, 5.74) is 4.54. The maximum Gasteiger partial charge on any atom is 0.244 e. The van der Waals surface area contributed by atoms with E-state index in [9.17, 15) is 14.4 Å². The molecule has 7 rings (SSSR count). The number of carbonyl (C=O) groups is 3. The zero-order chi connectivity index (χ0) is 28.5. The molecule has 3 aromatic heterocycles. The monoisotopic (exact) mass is 547 g/mol. The van der Waals surface area contributed by atoms with Crippen molar-refractivity contribution in [3.05, 3.63) is 83.1 Å². The van der Waals surface area contributed by atoms with E-state index in [1.165, 1.54) is 22.2 Å². The van der Waals surface area contributed by atoms with Gasteiger partial charge in [0.05, 0.1) is 12.0 Å². The lowest BCUT2D eigenvalue weighted by Gasteiger charge is -2.33. The summed E-state index contributed by atoms with van der Waals surface area (Å²) in [6.45, 7) is 5.43. The van der Waals surface area contributed by atoms with E-state index < -0.39 is 5.41 Å². The fourth-order valence-electron chi connectivity index (χ4n) is 6.15. The molecule has 2 aliphatic heterocycles. The molecule has 41 heavy (non-hydrogen) atoms. The van der Waals surface area contributed by atoms with Crippen molar-refractivity contribution in [1.29, 1.82) is 0 Å². The summed E-state index contributed by atoms with van der Waals surface area (Å²) in [5, 5.41) is 10.6. The Labute approximate surface area is 233 Å². The number of aryl methyl sites for hydroxylation is 3. The molecular formula is C29H25N9O3. The topological polar surface area (TPSA) is 151 Å². The molecule has 3 amide bonds. The number of hydrogen-bond donors (Lipinski definition) is 3. The summed E-state index contributed by atoms with van der Waals surface area (Å²) in [6, 6.07) is 13.1. The summed E-state index contributed by atoms with van der Waals surface area (Å²) in [6.07, 6.45) is 2.75. The molecule has 204 valence electrons. The van der Waals surface area contributed by atoms with E-state index in [0.29, 0.717) is 45.3 Å². The highest BCUT2D eigenvalue weighted by Gasteiger charge is 2.58. The average Bonchev–Trinajstić information content (AvgIpc) is 3.62. The minimum atomic E-state index is -1.37.